The highest BCUT2D eigenvalue weighted by molar-refractivity contribution is 9.10. The molecule has 0 bridgehead atoms. The molecule has 0 aromatic heterocycles. The summed E-state index contributed by atoms with van der Waals surface area (Å²) >= 11 is 3.42. The Balaban J connectivity index is 2.14. The van der Waals surface area contributed by atoms with Crippen LogP contribution in [0.5, 0.6) is 5.75 Å². The molecule has 0 amide bonds. The Bertz CT molecular complexity index is 373. The van der Waals surface area contributed by atoms with Crippen molar-refractivity contribution in [2.75, 3.05) is 13.2 Å². The molecule has 1 unspecified atom stereocenters. The minimum Gasteiger partial charge on any atom is -0.488 e. The van der Waals surface area contributed by atoms with Gasteiger partial charge in [-0.25, -0.2) is 0 Å². The van der Waals surface area contributed by atoms with Gasteiger partial charge in [0.05, 0.1) is 12.7 Å². The van der Waals surface area contributed by atoms with Crippen LogP contribution in [0.2, 0.25) is 0 Å². The van der Waals surface area contributed by atoms with E-state index in [0.29, 0.717) is 6.61 Å². The molecule has 2 rings (SSSR count). The van der Waals surface area contributed by atoms with E-state index in [9.17, 15) is 5.11 Å². The summed E-state index contributed by atoms with van der Waals surface area (Å²) in [6.45, 7) is 3.20. The molecule has 1 aliphatic heterocycles. The van der Waals surface area contributed by atoms with Crippen LogP contribution in [-0.4, -0.2) is 24.4 Å². The highest BCUT2D eigenvalue weighted by Gasteiger charge is 2.18. The molecule has 2 atom stereocenters. The molecule has 1 fully saturated rings. The van der Waals surface area contributed by atoms with Crippen molar-refractivity contribution >= 4 is 15.9 Å². The molecule has 0 saturated carbocycles. The number of aliphatic hydroxyl groups is 1. The SMILES string of the molecule is C[C@@H](O)c1ccc(Br)cc1OC1CCCOC1. The number of hydrogen-bond acceptors (Lipinski definition) is 3. The maximum atomic E-state index is 9.70. The number of rotatable bonds is 3. The van der Waals surface area contributed by atoms with Crippen molar-refractivity contribution in [1.29, 1.82) is 0 Å². The van der Waals surface area contributed by atoms with E-state index in [4.69, 9.17) is 9.47 Å². The monoisotopic (exact) mass is 300 g/mol. The molecule has 1 saturated heterocycles. The Morgan fingerprint density at radius 1 is 1.53 bits per heavy atom. The Hall–Kier alpha value is -0.580. The average Bonchev–Trinajstić information content (AvgIpc) is 2.30. The topological polar surface area (TPSA) is 38.7 Å². The summed E-state index contributed by atoms with van der Waals surface area (Å²) in [6, 6.07) is 5.69. The van der Waals surface area contributed by atoms with Gasteiger partial charge in [-0.15, -0.1) is 0 Å². The first-order valence-electron chi connectivity index (χ1n) is 5.88. The summed E-state index contributed by atoms with van der Waals surface area (Å²) in [5.41, 5.74) is 0.818. The molecule has 1 aliphatic rings. The molecular formula is C13H17BrO3. The van der Waals surface area contributed by atoms with Gasteiger partial charge in [0, 0.05) is 16.6 Å². The Morgan fingerprint density at radius 3 is 3.00 bits per heavy atom. The molecule has 3 nitrogen and oxygen atoms in total. The number of ether oxygens (including phenoxy) is 2. The van der Waals surface area contributed by atoms with Gasteiger partial charge in [-0.05, 0) is 31.9 Å². The van der Waals surface area contributed by atoms with Crippen LogP contribution in [0.25, 0.3) is 0 Å². The fraction of sp³-hybridized carbons (Fsp3) is 0.538. The van der Waals surface area contributed by atoms with Crippen molar-refractivity contribution in [3.63, 3.8) is 0 Å². The zero-order valence-electron chi connectivity index (χ0n) is 9.86. The maximum Gasteiger partial charge on any atom is 0.126 e. The van der Waals surface area contributed by atoms with Crippen molar-refractivity contribution in [3.05, 3.63) is 28.2 Å². The predicted molar refractivity (Wildman–Crippen MR) is 69.2 cm³/mol. The first-order chi connectivity index (χ1) is 8.16. The maximum absolute atomic E-state index is 9.70. The molecule has 0 spiro atoms. The second-order valence-corrected chi connectivity index (χ2v) is 5.23. The van der Waals surface area contributed by atoms with Gasteiger partial charge < -0.3 is 14.6 Å². The third-order valence-electron chi connectivity index (χ3n) is 2.84. The van der Waals surface area contributed by atoms with Crippen LogP contribution in [0.1, 0.15) is 31.4 Å². The number of hydrogen-bond donors (Lipinski definition) is 1. The molecule has 94 valence electrons. The van der Waals surface area contributed by atoms with Gasteiger partial charge in [0.2, 0.25) is 0 Å². The van der Waals surface area contributed by atoms with Crippen LogP contribution in [0.3, 0.4) is 0 Å². The Kier molecular flexibility index (Phi) is 4.42. The van der Waals surface area contributed by atoms with Crippen molar-refractivity contribution in [3.8, 4) is 5.75 Å². The number of halogens is 1. The second kappa shape index (κ2) is 5.85. The molecule has 1 aromatic carbocycles. The van der Waals surface area contributed by atoms with E-state index in [0.717, 1.165) is 35.2 Å². The molecule has 1 heterocycles. The fourth-order valence-electron chi connectivity index (χ4n) is 1.94. The number of benzene rings is 1. The summed E-state index contributed by atoms with van der Waals surface area (Å²) in [5, 5.41) is 9.70. The smallest absolute Gasteiger partial charge is 0.126 e. The molecule has 0 radical (unpaired) electrons. The molecule has 1 aromatic rings. The fourth-order valence-corrected chi connectivity index (χ4v) is 2.28. The van der Waals surface area contributed by atoms with Crippen molar-refractivity contribution in [2.45, 2.75) is 32.0 Å². The lowest BCUT2D eigenvalue weighted by molar-refractivity contribution is 0.00611. The average molecular weight is 301 g/mol. The number of aliphatic hydroxyl groups excluding tert-OH is 1. The third kappa shape index (κ3) is 3.44. The van der Waals surface area contributed by atoms with E-state index < -0.39 is 6.10 Å². The minimum atomic E-state index is -0.525. The quantitative estimate of drug-likeness (QED) is 0.932. The van der Waals surface area contributed by atoms with Crippen LogP contribution in [0.15, 0.2) is 22.7 Å². The molecular weight excluding hydrogens is 284 g/mol. The van der Waals surface area contributed by atoms with Crippen LogP contribution in [0, 0.1) is 0 Å². The second-order valence-electron chi connectivity index (χ2n) is 4.32. The predicted octanol–water partition coefficient (Wildman–Crippen LogP) is 3.06. The van der Waals surface area contributed by atoms with E-state index >= 15 is 0 Å². The summed E-state index contributed by atoms with van der Waals surface area (Å²) in [4.78, 5) is 0. The lowest BCUT2D eigenvalue weighted by Gasteiger charge is -2.25. The highest BCUT2D eigenvalue weighted by Crippen LogP contribution is 2.30. The van der Waals surface area contributed by atoms with Crippen LogP contribution in [0.4, 0.5) is 0 Å². The first-order valence-corrected chi connectivity index (χ1v) is 6.68. The van der Waals surface area contributed by atoms with E-state index in [1.54, 1.807) is 6.92 Å². The highest BCUT2D eigenvalue weighted by atomic mass is 79.9. The van der Waals surface area contributed by atoms with Crippen molar-refractivity contribution < 1.29 is 14.6 Å². The molecule has 0 aliphatic carbocycles. The summed E-state index contributed by atoms with van der Waals surface area (Å²) in [6.07, 6.45) is 1.60. The van der Waals surface area contributed by atoms with E-state index in [1.165, 1.54) is 0 Å². The Morgan fingerprint density at radius 2 is 2.35 bits per heavy atom. The molecule has 1 N–H and O–H groups in total. The van der Waals surface area contributed by atoms with Gasteiger partial charge in [-0.2, -0.15) is 0 Å². The summed E-state index contributed by atoms with van der Waals surface area (Å²) in [7, 11) is 0. The van der Waals surface area contributed by atoms with E-state index in [-0.39, 0.29) is 6.10 Å². The van der Waals surface area contributed by atoms with Gasteiger partial charge in [0.15, 0.2) is 0 Å². The summed E-state index contributed by atoms with van der Waals surface area (Å²) in [5.74, 6) is 0.741. The lowest BCUT2D eigenvalue weighted by Crippen LogP contribution is -2.28. The van der Waals surface area contributed by atoms with Gasteiger partial charge in [-0.3, -0.25) is 0 Å². The zero-order valence-corrected chi connectivity index (χ0v) is 11.4. The third-order valence-corrected chi connectivity index (χ3v) is 3.33. The lowest BCUT2D eigenvalue weighted by atomic mass is 10.1. The largest absolute Gasteiger partial charge is 0.488 e. The van der Waals surface area contributed by atoms with Gasteiger partial charge in [0.25, 0.3) is 0 Å². The zero-order chi connectivity index (χ0) is 12.3. The van der Waals surface area contributed by atoms with Gasteiger partial charge >= 0.3 is 0 Å². The van der Waals surface area contributed by atoms with Crippen LogP contribution < -0.4 is 4.74 Å². The van der Waals surface area contributed by atoms with Gasteiger partial charge in [-0.1, -0.05) is 22.0 Å². The molecule has 17 heavy (non-hydrogen) atoms. The van der Waals surface area contributed by atoms with E-state index in [2.05, 4.69) is 15.9 Å². The van der Waals surface area contributed by atoms with Crippen molar-refractivity contribution in [2.24, 2.45) is 0 Å². The molecule has 4 heteroatoms. The van der Waals surface area contributed by atoms with Crippen LogP contribution >= 0.6 is 15.9 Å². The van der Waals surface area contributed by atoms with Crippen LogP contribution in [-0.2, 0) is 4.74 Å². The van der Waals surface area contributed by atoms with Gasteiger partial charge in [0.1, 0.15) is 11.9 Å². The standard InChI is InChI=1S/C13H17BrO3/c1-9(15)12-5-4-10(14)7-13(12)17-11-3-2-6-16-8-11/h4-5,7,9,11,15H,2-3,6,8H2,1H3/t9-,11?/m1/s1. The minimum absolute atomic E-state index is 0.0931. The first kappa shape index (κ1) is 12.9. The van der Waals surface area contributed by atoms with E-state index in [1.807, 2.05) is 18.2 Å². The van der Waals surface area contributed by atoms with Crippen molar-refractivity contribution in [1.82, 2.24) is 0 Å². The normalized spacial score (nSPS) is 22.2. The Labute approximate surface area is 110 Å². The summed E-state index contributed by atoms with van der Waals surface area (Å²) < 4.78 is 12.3.